The summed E-state index contributed by atoms with van der Waals surface area (Å²) in [4.78, 5) is 11.9. The lowest BCUT2D eigenvalue weighted by Gasteiger charge is -2.18. The van der Waals surface area contributed by atoms with Crippen LogP contribution in [0.15, 0.2) is 54.6 Å². The number of carbonyl (C=O) groups is 1. The first-order valence-electron chi connectivity index (χ1n) is 6.03. The molecule has 3 nitrogen and oxygen atoms in total. The second-order valence-electron chi connectivity index (χ2n) is 4.36. The van der Waals surface area contributed by atoms with E-state index in [1.165, 1.54) is 0 Å². The number of nitrogens with one attached hydrogen (secondary N) is 1. The molecule has 0 spiro atoms. The summed E-state index contributed by atoms with van der Waals surface area (Å²) >= 11 is 0. The highest BCUT2D eigenvalue weighted by molar-refractivity contribution is 6.00. The van der Waals surface area contributed by atoms with E-state index in [9.17, 15) is 4.79 Å². The number of amides is 1. The van der Waals surface area contributed by atoms with Crippen molar-refractivity contribution < 1.29 is 4.79 Å². The van der Waals surface area contributed by atoms with Gasteiger partial charge in [-0.3, -0.25) is 4.79 Å². The van der Waals surface area contributed by atoms with Gasteiger partial charge in [0.05, 0.1) is 12.1 Å². The molecule has 3 rings (SSSR count). The zero-order chi connectivity index (χ0) is 12.4. The summed E-state index contributed by atoms with van der Waals surface area (Å²) in [5.74, 6) is 0.104. The van der Waals surface area contributed by atoms with E-state index in [4.69, 9.17) is 0 Å². The molecule has 18 heavy (non-hydrogen) atoms. The molecule has 0 saturated carbocycles. The molecule has 0 bridgehead atoms. The highest BCUT2D eigenvalue weighted by Crippen LogP contribution is 2.26. The van der Waals surface area contributed by atoms with Gasteiger partial charge in [-0.2, -0.15) is 0 Å². The normalized spacial score (nSPS) is 13.8. The number of carbonyl (C=O) groups excluding carboxylic acids is 1. The van der Waals surface area contributed by atoms with Crippen molar-refractivity contribution >= 4 is 11.6 Å². The van der Waals surface area contributed by atoms with Crippen LogP contribution in [-0.4, -0.2) is 5.91 Å². The van der Waals surface area contributed by atoms with Gasteiger partial charge in [-0.25, -0.2) is 10.4 Å². The van der Waals surface area contributed by atoms with E-state index in [0.717, 1.165) is 16.8 Å². The van der Waals surface area contributed by atoms with Gasteiger partial charge in [0.15, 0.2) is 0 Å². The van der Waals surface area contributed by atoms with Crippen LogP contribution in [0.3, 0.4) is 0 Å². The smallest absolute Gasteiger partial charge is 0.245 e. The molecule has 90 valence electrons. The van der Waals surface area contributed by atoms with Gasteiger partial charge in [0, 0.05) is 6.54 Å². The maximum Gasteiger partial charge on any atom is 0.245 e. The molecule has 1 amide bonds. The van der Waals surface area contributed by atoms with Gasteiger partial charge in [-0.05, 0) is 17.2 Å². The molecule has 2 aromatic carbocycles. The van der Waals surface area contributed by atoms with Crippen molar-refractivity contribution in [3.8, 4) is 0 Å². The molecule has 1 aliphatic rings. The van der Waals surface area contributed by atoms with Gasteiger partial charge < -0.3 is 0 Å². The summed E-state index contributed by atoms with van der Waals surface area (Å²) in [6.07, 6.45) is 0.484. The number of para-hydroxylation sites is 1. The van der Waals surface area contributed by atoms with E-state index in [0.29, 0.717) is 13.0 Å². The molecule has 0 aromatic heterocycles. The van der Waals surface area contributed by atoms with Gasteiger partial charge in [0.1, 0.15) is 0 Å². The number of anilines is 1. The predicted octanol–water partition coefficient (Wildman–Crippen LogP) is 2.28. The standard InChI is InChI=1S/C15H14N2O/c18-15-10-13-8-4-5-9-14(13)17(15)16-11-12-6-2-1-3-7-12/h1-9,16H,10-11H2. The van der Waals surface area contributed by atoms with Gasteiger partial charge in [0.2, 0.25) is 5.91 Å². The summed E-state index contributed by atoms with van der Waals surface area (Å²) in [6.45, 7) is 0.654. The lowest BCUT2D eigenvalue weighted by Crippen LogP contribution is -2.39. The van der Waals surface area contributed by atoms with Gasteiger partial charge >= 0.3 is 0 Å². The molecule has 0 radical (unpaired) electrons. The van der Waals surface area contributed by atoms with Crippen LogP contribution in [0.1, 0.15) is 11.1 Å². The number of hydrazine groups is 1. The van der Waals surface area contributed by atoms with E-state index in [2.05, 4.69) is 5.43 Å². The van der Waals surface area contributed by atoms with Gasteiger partial charge in [-0.15, -0.1) is 0 Å². The van der Waals surface area contributed by atoms with Crippen LogP contribution in [0.25, 0.3) is 0 Å². The van der Waals surface area contributed by atoms with Crippen molar-refractivity contribution in [3.63, 3.8) is 0 Å². The summed E-state index contributed by atoms with van der Waals surface area (Å²) in [5, 5.41) is 1.66. The molecular formula is C15H14N2O. The Bertz CT molecular complexity index is 566. The van der Waals surface area contributed by atoms with E-state index >= 15 is 0 Å². The molecule has 0 atom stereocenters. The average Bonchev–Trinajstić information content (AvgIpc) is 2.73. The monoisotopic (exact) mass is 238 g/mol. The third-order valence-corrected chi connectivity index (χ3v) is 3.11. The zero-order valence-electron chi connectivity index (χ0n) is 9.97. The fourth-order valence-corrected chi connectivity index (χ4v) is 2.19. The first-order chi connectivity index (χ1) is 8.84. The van der Waals surface area contributed by atoms with Crippen LogP contribution in [0.5, 0.6) is 0 Å². The lowest BCUT2D eigenvalue weighted by molar-refractivity contribution is -0.118. The molecule has 1 N–H and O–H groups in total. The number of rotatable bonds is 3. The van der Waals surface area contributed by atoms with E-state index < -0.39 is 0 Å². The van der Waals surface area contributed by atoms with E-state index in [-0.39, 0.29) is 5.91 Å². The van der Waals surface area contributed by atoms with Gasteiger partial charge in [0.25, 0.3) is 0 Å². The number of benzene rings is 2. The largest absolute Gasteiger partial charge is 0.273 e. The minimum Gasteiger partial charge on any atom is -0.273 e. The van der Waals surface area contributed by atoms with E-state index in [1.807, 2.05) is 54.6 Å². The number of nitrogens with zero attached hydrogens (tertiary/aromatic N) is 1. The first-order valence-corrected chi connectivity index (χ1v) is 6.03. The Labute approximate surface area is 106 Å². The predicted molar refractivity (Wildman–Crippen MR) is 70.9 cm³/mol. The Morgan fingerprint density at radius 1 is 1.00 bits per heavy atom. The Kier molecular flexibility index (Phi) is 2.82. The van der Waals surface area contributed by atoms with Crippen molar-refractivity contribution in [3.05, 3.63) is 65.7 Å². The number of hydrogen-bond acceptors (Lipinski definition) is 2. The summed E-state index contributed by atoms with van der Waals surface area (Å²) in [7, 11) is 0. The molecule has 1 aliphatic heterocycles. The Hall–Kier alpha value is -2.13. The second-order valence-corrected chi connectivity index (χ2v) is 4.36. The lowest BCUT2D eigenvalue weighted by atomic mass is 10.2. The van der Waals surface area contributed by atoms with Crippen molar-refractivity contribution in [2.75, 3.05) is 5.01 Å². The number of fused-ring (bicyclic) bond motifs is 1. The summed E-state index contributed by atoms with van der Waals surface area (Å²) in [5.41, 5.74) is 6.41. The molecule has 0 fully saturated rings. The highest BCUT2D eigenvalue weighted by Gasteiger charge is 2.26. The molecule has 0 saturated heterocycles. The molecule has 0 aliphatic carbocycles. The topological polar surface area (TPSA) is 32.3 Å². The third kappa shape index (κ3) is 2.00. The van der Waals surface area contributed by atoms with Crippen LogP contribution in [0.4, 0.5) is 5.69 Å². The molecule has 1 heterocycles. The van der Waals surface area contributed by atoms with Crippen molar-refractivity contribution in [2.24, 2.45) is 0 Å². The zero-order valence-corrected chi connectivity index (χ0v) is 9.97. The van der Waals surface area contributed by atoms with Crippen LogP contribution in [0.2, 0.25) is 0 Å². The SMILES string of the molecule is O=C1Cc2ccccc2N1NCc1ccccc1. The van der Waals surface area contributed by atoms with Crippen LogP contribution < -0.4 is 10.4 Å². The summed E-state index contributed by atoms with van der Waals surface area (Å²) in [6, 6.07) is 17.9. The minimum absolute atomic E-state index is 0.104. The Morgan fingerprint density at radius 2 is 1.72 bits per heavy atom. The second kappa shape index (κ2) is 4.63. The fraction of sp³-hybridized carbons (Fsp3) is 0.133. The highest BCUT2D eigenvalue weighted by atomic mass is 16.2. The van der Waals surface area contributed by atoms with Crippen molar-refractivity contribution in [2.45, 2.75) is 13.0 Å². The third-order valence-electron chi connectivity index (χ3n) is 3.11. The molecule has 3 heteroatoms. The quantitative estimate of drug-likeness (QED) is 0.889. The molecule has 2 aromatic rings. The maximum absolute atomic E-state index is 11.9. The Morgan fingerprint density at radius 3 is 2.56 bits per heavy atom. The van der Waals surface area contributed by atoms with Crippen LogP contribution >= 0.6 is 0 Å². The van der Waals surface area contributed by atoms with Crippen molar-refractivity contribution in [1.82, 2.24) is 5.43 Å². The average molecular weight is 238 g/mol. The van der Waals surface area contributed by atoms with Crippen LogP contribution in [0, 0.1) is 0 Å². The minimum atomic E-state index is 0.104. The molecular weight excluding hydrogens is 224 g/mol. The van der Waals surface area contributed by atoms with E-state index in [1.54, 1.807) is 5.01 Å². The summed E-state index contributed by atoms with van der Waals surface area (Å²) < 4.78 is 0. The fourth-order valence-electron chi connectivity index (χ4n) is 2.19. The Balaban J connectivity index is 1.76. The first kappa shape index (κ1) is 11.0. The van der Waals surface area contributed by atoms with Crippen LogP contribution in [-0.2, 0) is 17.8 Å². The maximum atomic E-state index is 11.9. The van der Waals surface area contributed by atoms with Crippen molar-refractivity contribution in [1.29, 1.82) is 0 Å². The number of hydrogen-bond donors (Lipinski definition) is 1. The van der Waals surface area contributed by atoms with Gasteiger partial charge in [-0.1, -0.05) is 48.5 Å². The molecule has 0 unspecified atom stereocenters.